The fourth-order valence-corrected chi connectivity index (χ4v) is 3.90. The Bertz CT molecular complexity index is 489. The monoisotopic (exact) mass is 403 g/mol. The van der Waals surface area contributed by atoms with E-state index in [1.54, 1.807) is 0 Å². The molecule has 3 heteroatoms. The third-order valence-electron chi connectivity index (χ3n) is 5.79. The first kappa shape index (κ1) is 25.7. The van der Waals surface area contributed by atoms with Gasteiger partial charge in [-0.25, -0.2) is 0 Å². The van der Waals surface area contributed by atoms with Crippen LogP contribution in [0.2, 0.25) is 0 Å². The summed E-state index contributed by atoms with van der Waals surface area (Å²) < 4.78 is 6.73. The van der Waals surface area contributed by atoms with Crippen LogP contribution in [0.5, 0.6) is 0 Å². The molecule has 166 valence electrons. The maximum Gasteiger partial charge on any atom is 0.187 e. The number of hydrogen-bond acceptors (Lipinski definition) is 2. The highest BCUT2D eigenvalue weighted by Gasteiger charge is 2.24. The average Bonchev–Trinajstić information content (AvgIpc) is 3.27. The highest BCUT2D eigenvalue weighted by Crippen LogP contribution is 2.16. The minimum Gasteiger partial charge on any atom is -0.479 e. The van der Waals surface area contributed by atoms with Crippen molar-refractivity contribution in [3.8, 4) is 0 Å². The lowest BCUT2D eigenvalue weighted by atomic mass is 10.1. The first-order valence-corrected chi connectivity index (χ1v) is 12.2. The molecule has 1 aromatic carbocycles. The zero-order valence-electron chi connectivity index (χ0n) is 19.8. The molecule has 0 amide bonds. The zero-order chi connectivity index (χ0) is 21.2. The Balaban J connectivity index is 0.000000304. The van der Waals surface area contributed by atoms with Crippen molar-refractivity contribution in [3.05, 3.63) is 35.9 Å². The number of aliphatic imine (C=N–C) groups is 1. The van der Waals surface area contributed by atoms with Crippen LogP contribution in [0.3, 0.4) is 0 Å². The van der Waals surface area contributed by atoms with Crippen LogP contribution in [0.15, 0.2) is 35.3 Å². The van der Waals surface area contributed by atoms with E-state index in [1.807, 2.05) is 18.2 Å². The van der Waals surface area contributed by atoms with Crippen LogP contribution in [0.25, 0.3) is 0 Å². The van der Waals surface area contributed by atoms with Gasteiger partial charge in [-0.2, -0.15) is 0 Å². The van der Waals surface area contributed by atoms with Gasteiger partial charge in [0.15, 0.2) is 5.90 Å². The quantitative estimate of drug-likeness (QED) is 0.318. The minimum atomic E-state index is 0.752. The van der Waals surface area contributed by atoms with E-state index in [0.29, 0.717) is 0 Å². The van der Waals surface area contributed by atoms with E-state index in [2.05, 4.69) is 44.8 Å². The second-order valence-electron chi connectivity index (χ2n) is 8.44. The standard InChI is InChI=1S/C16H36N.C10H11NO/c1-5-9-13-17(14-10-6-2,15-11-7-3)16-12-8-4;1-2-4-9(5-3-1)8-10-11-6-7-12-10/h5-16H2,1-4H3;1-5H,6-8H2/q+1;. The first-order valence-electron chi connectivity index (χ1n) is 12.2. The molecular formula is C26H47N2O+. The number of hydrogen-bond donors (Lipinski definition) is 0. The van der Waals surface area contributed by atoms with Gasteiger partial charge in [0.1, 0.15) is 6.61 Å². The molecule has 0 fully saturated rings. The fourth-order valence-electron chi connectivity index (χ4n) is 3.90. The average molecular weight is 404 g/mol. The van der Waals surface area contributed by atoms with Crippen molar-refractivity contribution in [1.29, 1.82) is 0 Å². The normalized spacial score (nSPS) is 13.4. The molecule has 0 saturated heterocycles. The summed E-state index contributed by atoms with van der Waals surface area (Å²) in [5, 5.41) is 0. The number of ether oxygens (including phenoxy) is 1. The van der Waals surface area contributed by atoms with Crippen LogP contribution in [0.4, 0.5) is 0 Å². The molecule has 0 aromatic heterocycles. The molecule has 0 saturated carbocycles. The summed E-state index contributed by atoms with van der Waals surface area (Å²) in [6, 6.07) is 10.3. The largest absolute Gasteiger partial charge is 0.479 e. The summed E-state index contributed by atoms with van der Waals surface area (Å²) in [7, 11) is 0. The van der Waals surface area contributed by atoms with Gasteiger partial charge in [-0.3, -0.25) is 4.99 Å². The van der Waals surface area contributed by atoms with E-state index in [1.165, 1.54) is 87.6 Å². The van der Waals surface area contributed by atoms with E-state index in [0.717, 1.165) is 25.5 Å². The summed E-state index contributed by atoms with van der Waals surface area (Å²) in [6.45, 7) is 16.6. The second kappa shape index (κ2) is 16.4. The molecule has 1 aromatic rings. The van der Waals surface area contributed by atoms with Crippen LogP contribution < -0.4 is 0 Å². The predicted octanol–water partition coefficient (Wildman–Crippen LogP) is 6.66. The van der Waals surface area contributed by atoms with E-state index >= 15 is 0 Å². The molecule has 0 unspecified atom stereocenters. The van der Waals surface area contributed by atoms with Crippen LogP contribution in [-0.2, 0) is 11.2 Å². The van der Waals surface area contributed by atoms with Gasteiger partial charge in [-0.05, 0) is 31.2 Å². The Morgan fingerprint density at radius 3 is 1.62 bits per heavy atom. The van der Waals surface area contributed by atoms with Crippen molar-refractivity contribution >= 4 is 5.90 Å². The molecule has 0 atom stereocenters. The number of unbranched alkanes of at least 4 members (excludes halogenated alkanes) is 4. The first-order chi connectivity index (χ1) is 14.2. The van der Waals surface area contributed by atoms with E-state index in [9.17, 15) is 0 Å². The molecule has 29 heavy (non-hydrogen) atoms. The Morgan fingerprint density at radius 2 is 1.24 bits per heavy atom. The molecule has 3 nitrogen and oxygen atoms in total. The van der Waals surface area contributed by atoms with Gasteiger partial charge in [-0.15, -0.1) is 0 Å². The lowest BCUT2D eigenvalue weighted by Gasteiger charge is -2.39. The third-order valence-corrected chi connectivity index (χ3v) is 5.79. The molecule has 0 aliphatic carbocycles. The lowest BCUT2D eigenvalue weighted by Crippen LogP contribution is -2.50. The smallest absolute Gasteiger partial charge is 0.187 e. The van der Waals surface area contributed by atoms with Crippen molar-refractivity contribution in [2.24, 2.45) is 4.99 Å². The van der Waals surface area contributed by atoms with Crippen molar-refractivity contribution in [1.82, 2.24) is 0 Å². The molecular weight excluding hydrogens is 356 g/mol. The molecule has 0 radical (unpaired) electrons. The maximum absolute atomic E-state index is 5.31. The van der Waals surface area contributed by atoms with Gasteiger partial charge < -0.3 is 9.22 Å². The Hall–Kier alpha value is -1.35. The van der Waals surface area contributed by atoms with Crippen LogP contribution in [0.1, 0.15) is 84.6 Å². The van der Waals surface area contributed by atoms with Gasteiger partial charge in [0, 0.05) is 6.42 Å². The van der Waals surface area contributed by atoms with E-state index in [4.69, 9.17) is 4.74 Å². The van der Waals surface area contributed by atoms with Crippen molar-refractivity contribution in [2.75, 3.05) is 39.3 Å². The van der Waals surface area contributed by atoms with Gasteiger partial charge in [-0.1, -0.05) is 83.7 Å². The number of benzene rings is 1. The summed E-state index contributed by atoms with van der Waals surface area (Å²) in [6.07, 6.45) is 11.9. The van der Waals surface area contributed by atoms with Crippen LogP contribution in [-0.4, -0.2) is 49.7 Å². The maximum atomic E-state index is 5.31. The highest BCUT2D eigenvalue weighted by atomic mass is 16.5. The fraction of sp³-hybridized carbons (Fsp3) is 0.731. The molecule has 1 heterocycles. The lowest BCUT2D eigenvalue weighted by molar-refractivity contribution is -0.929. The summed E-state index contributed by atoms with van der Waals surface area (Å²) >= 11 is 0. The number of rotatable bonds is 14. The van der Waals surface area contributed by atoms with Crippen molar-refractivity contribution in [3.63, 3.8) is 0 Å². The van der Waals surface area contributed by atoms with Crippen LogP contribution in [0, 0.1) is 0 Å². The Labute approximate surface area is 181 Å². The molecule has 0 N–H and O–H groups in total. The Kier molecular flexibility index (Phi) is 14.6. The summed E-state index contributed by atoms with van der Waals surface area (Å²) in [5.74, 6) is 0.876. The second-order valence-corrected chi connectivity index (χ2v) is 8.44. The van der Waals surface area contributed by atoms with E-state index < -0.39 is 0 Å². The predicted molar refractivity (Wildman–Crippen MR) is 128 cm³/mol. The number of quaternary nitrogens is 1. The molecule has 1 aliphatic heterocycles. The van der Waals surface area contributed by atoms with Gasteiger partial charge in [0.25, 0.3) is 0 Å². The molecule has 2 rings (SSSR count). The third kappa shape index (κ3) is 11.4. The molecule has 0 bridgehead atoms. The van der Waals surface area contributed by atoms with Gasteiger partial charge in [0.2, 0.25) is 0 Å². The SMILES string of the molecule is CCCC[N+](CCCC)(CCCC)CCCC.c1ccc(CC2=NCCO2)cc1. The summed E-state index contributed by atoms with van der Waals surface area (Å²) in [5.41, 5.74) is 1.26. The van der Waals surface area contributed by atoms with Gasteiger partial charge in [0.05, 0.1) is 32.7 Å². The number of nitrogens with zero attached hydrogens (tertiary/aromatic N) is 2. The molecule has 1 aliphatic rings. The Morgan fingerprint density at radius 1 is 0.759 bits per heavy atom. The zero-order valence-corrected chi connectivity index (χ0v) is 19.8. The van der Waals surface area contributed by atoms with Crippen molar-refractivity contribution < 1.29 is 9.22 Å². The van der Waals surface area contributed by atoms with Crippen LogP contribution >= 0.6 is 0 Å². The van der Waals surface area contributed by atoms with Crippen molar-refractivity contribution in [2.45, 2.75) is 85.5 Å². The highest BCUT2D eigenvalue weighted by molar-refractivity contribution is 5.79. The minimum absolute atomic E-state index is 0.752. The van der Waals surface area contributed by atoms with Gasteiger partial charge >= 0.3 is 0 Å². The van der Waals surface area contributed by atoms with E-state index in [-0.39, 0.29) is 0 Å². The topological polar surface area (TPSA) is 21.6 Å². The molecule has 0 spiro atoms. The summed E-state index contributed by atoms with van der Waals surface area (Å²) in [4.78, 5) is 4.23.